The Kier molecular flexibility index (Phi) is 5.65. The zero-order valence-corrected chi connectivity index (χ0v) is 13.1. The maximum Gasteiger partial charge on any atom is 0.270 e. The first-order valence-corrected chi connectivity index (χ1v) is 8.29. The first-order valence-electron chi connectivity index (χ1n) is 5.45. The molecule has 0 fully saturated rings. The third-order valence-corrected chi connectivity index (χ3v) is 5.23. The van der Waals surface area contributed by atoms with E-state index in [0.717, 1.165) is 11.3 Å². The highest BCUT2D eigenvalue weighted by atomic mass is 35.5. The van der Waals surface area contributed by atoms with Gasteiger partial charge in [-0.3, -0.25) is 4.79 Å². The van der Waals surface area contributed by atoms with Crippen molar-refractivity contribution in [3.8, 4) is 0 Å². The molecule has 0 bridgehead atoms. The van der Waals surface area contributed by atoms with Gasteiger partial charge in [-0.2, -0.15) is 0 Å². The number of nitrogens with zero attached hydrogens (tertiary/aromatic N) is 2. The Morgan fingerprint density at radius 2 is 2.05 bits per heavy atom. The molecule has 0 spiro atoms. The second-order valence-electron chi connectivity index (χ2n) is 4.18. The normalized spacial score (nSPS) is 13.5. The number of hydrogen-bond acceptors (Lipinski definition) is 6. The molecule has 1 rings (SSSR count). The fraction of sp³-hybridized carbons (Fsp3) is 0.667. The summed E-state index contributed by atoms with van der Waals surface area (Å²) >= 11 is 6.50. The largest absolute Gasteiger partial charge is 0.301 e. The summed E-state index contributed by atoms with van der Waals surface area (Å²) in [5.74, 6) is -0.127. The van der Waals surface area contributed by atoms with Crippen molar-refractivity contribution in [2.24, 2.45) is 5.92 Å². The molecule has 0 saturated carbocycles. The van der Waals surface area contributed by atoms with Crippen molar-refractivity contribution in [1.82, 2.24) is 14.9 Å². The number of carbonyl (C=O) groups is 1. The molecule has 1 aromatic heterocycles. The average molecular weight is 327 g/mol. The van der Waals surface area contributed by atoms with Crippen molar-refractivity contribution in [2.75, 3.05) is 11.2 Å². The van der Waals surface area contributed by atoms with Gasteiger partial charge in [0.1, 0.15) is 0 Å². The van der Waals surface area contributed by atoms with Gasteiger partial charge in [-0.1, -0.05) is 25.2 Å². The first kappa shape index (κ1) is 16.3. The molecule has 10 heteroatoms. The second-order valence-corrected chi connectivity index (χ2v) is 7.35. The molecule has 19 heavy (non-hydrogen) atoms. The minimum atomic E-state index is -3.77. The maximum absolute atomic E-state index is 12.0. The number of hydrogen-bond donors (Lipinski definition) is 2. The van der Waals surface area contributed by atoms with Crippen molar-refractivity contribution >= 4 is 44.0 Å². The number of amides is 1. The molecule has 1 atom stereocenters. The Bertz CT molecular complexity index is 543. The van der Waals surface area contributed by atoms with Crippen molar-refractivity contribution < 1.29 is 13.2 Å². The van der Waals surface area contributed by atoms with Gasteiger partial charge in [-0.15, -0.1) is 21.8 Å². The first-order chi connectivity index (χ1) is 8.76. The summed E-state index contributed by atoms with van der Waals surface area (Å²) in [6.45, 7) is 5.02. The quantitative estimate of drug-likeness (QED) is 0.601. The lowest BCUT2D eigenvalue weighted by molar-refractivity contribution is -0.114. The summed E-state index contributed by atoms with van der Waals surface area (Å²) < 4.78 is 26.3. The standard InChI is InChI=1S/C9H15ClN4O3S2/c1-5(2)7(4-10)14-19(16,17)9-13-12-8(18-9)11-6(3)15/h5,7,14H,4H2,1-3H3,(H,11,12,15). The van der Waals surface area contributed by atoms with Crippen LogP contribution in [0.5, 0.6) is 0 Å². The van der Waals surface area contributed by atoms with Crippen LogP contribution < -0.4 is 10.0 Å². The molecular formula is C9H15ClN4O3S2. The molecule has 1 unspecified atom stereocenters. The summed E-state index contributed by atoms with van der Waals surface area (Å²) in [4.78, 5) is 10.8. The number of halogens is 1. The molecule has 0 aliphatic carbocycles. The third kappa shape index (κ3) is 4.68. The third-order valence-electron chi connectivity index (χ3n) is 2.20. The average Bonchev–Trinajstić information content (AvgIpc) is 2.73. The van der Waals surface area contributed by atoms with Crippen molar-refractivity contribution in [1.29, 1.82) is 0 Å². The number of alkyl halides is 1. The Hall–Kier alpha value is -0.770. The molecule has 108 valence electrons. The van der Waals surface area contributed by atoms with E-state index in [4.69, 9.17) is 11.6 Å². The molecular weight excluding hydrogens is 312 g/mol. The summed E-state index contributed by atoms with van der Waals surface area (Å²) in [6, 6.07) is -0.389. The van der Waals surface area contributed by atoms with Crippen molar-refractivity contribution in [2.45, 2.75) is 31.2 Å². The van der Waals surface area contributed by atoms with Gasteiger partial charge in [0.2, 0.25) is 15.4 Å². The van der Waals surface area contributed by atoms with E-state index in [1.165, 1.54) is 6.92 Å². The molecule has 7 nitrogen and oxygen atoms in total. The lowest BCUT2D eigenvalue weighted by Crippen LogP contribution is -2.39. The van der Waals surface area contributed by atoms with E-state index in [1.807, 2.05) is 13.8 Å². The molecule has 1 aromatic rings. The van der Waals surface area contributed by atoms with Gasteiger partial charge in [0, 0.05) is 18.8 Å². The van der Waals surface area contributed by atoms with E-state index < -0.39 is 10.0 Å². The lowest BCUT2D eigenvalue weighted by Gasteiger charge is -2.18. The van der Waals surface area contributed by atoms with Crippen LogP contribution in [0.25, 0.3) is 0 Å². The van der Waals surface area contributed by atoms with E-state index in [0.29, 0.717) is 0 Å². The number of sulfonamides is 1. The van der Waals surface area contributed by atoms with Crippen LogP contribution in [0.3, 0.4) is 0 Å². The predicted octanol–water partition coefficient (Wildman–Crippen LogP) is 1.04. The van der Waals surface area contributed by atoms with Gasteiger partial charge in [-0.25, -0.2) is 13.1 Å². The van der Waals surface area contributed by atoms with E-state index in [-0.39, 0.29) is 33.2 Å². The van der Waals surface area contributed by atoms with Gasteiger partial charge in [0.05, 0.1) is 0 Å². The number of anilines is 1. The van der Waals surface area contributed by atoms with Crippen LogP contribution in [0.4, 0.5) is 5.13 Å². The molecule has 1 amide bonds. The van der Waals surface area contributed by atoms with Crippen LogP contribution in [0, 0.1) is 5.92 Å². The SMILES string of the molecule is CC(=O)Nc1nnc(S(=O)(=O)NC(CCl)C(C)C)s1. The number of nitrogens with one attached hydrogen (secondary N) is 2. The van der Waals surface area contributed by atoms with Gasteiger partial charge < -0.3 is 5.32 Å². The van der Waals surface area contributed by atoms with Crippen LogP contribution >= 0.6 is 22.9 Å². The molecule has 2 N–H and O–H groups in total. The van der Waals surface area contributed by atoms with Crippen LogP contribution in [0.15, 0.2) is 4.34 Å². The van der Waals surface area contributed by atoms with Crippen molar-refractivity contribution in [3.63, 3.8) is 0 Å². The van der Waals surface area contributed by atoms with E-state index in [1.54, 1.807) is 0 Å². The van der Waals surface area contributed by atoms with Crippen molar-refractivity contribution in [3.05, 3.63) is 0 Å². The highest BCUT2D eigenvalue weighted by Crippen LogP contribution is 2.20. The molecule has 0 radical (unpaired) electrons. The van der Waals surface area contributed by atoms with Crippen LogP contribution in [0.1, 0.15) is 20.8 Å². The molecule has 0 aliphatic rings. The molecule has 1 heterocycles. The van der Waals surface area contributed by atoms with E-state index in [9.17, 15) is 13.2 Å². The lowest BCUT2D eigenvalue weighted by atomic mass is 10.1. The minimum absolute atomic E-state index is 0.0509. The topological polar surface area (TPSA) is 101 Å². The van der Waals surface area contributed by atoms with E-state index >= 15 is 0 Å². The summed E-state index contributed by atoms with van der Waals surface area (Å²) in [7, 11) is -3.77. The Balaban J connectivity index is 2.88. The van der Waals surface area contributed by atoms with E-state index in [2.05, 4.69) is 20.2 Å². The molecule has 0 saturated heterocycles. The van der Waals surface area contributed by atoms with Crippen LogP contribution in [0.2, 0.25) is 0 Å². The zero-order valence-electron chi connectivity index (χ0n) is 10.7. The predicted molar refractivity (Wildman–Crippen MR) is 73.9 cm³/mol. The van der Waals surface area contributed by atoms with Gasteiger partial charge in [0.25, 0.3) is 10.0 Å². The fourth-order valence-corrected chi connectivity index (χ4v) is 3.99. The number of carbonyl (C=O) groups excluding carboxylic acids is 1. The smallest absolute Gasteiger partial charge is 0.270 e. The van der Waals surface area contributed by atoms with Crippen LogP contribution in [-0.2, 0) is 14.8 Å². The van der Waals surface area contributed by atoms with Gasteiger partial charge in [-0.05, 0) is 5.92 Å². The summed E-state index contributed by atoms with van der Waals surface area (Å²) in [5, 5.41) is 9.65. The minimum Gasteiger partial charge on any atom is -0.301 e. The molecule has 0 aromatic carbocycles. The fourth-order valence-electron chi connectivity index (χ4n) is 1.11. The second kappa shape index (κ2) is 6.60. The zero-order chi connectivity index (χ0) is 14.6. The Labute approximate surface area is 120 Å². The monoisotopic (exact) mass is 326 g/mol. The highest BCUT2D eigenvalue weighted by Gasteiger charge is 2.25. The maximum atomic E-state index is 12.0. The van der Waals surface area contributed by atoms with Crippen LogP contribution in [-0.4, -0.2) is 36.4 Å². The highest BCUT2D eigenvalue weighted by molar-refractivity contribution is 7.91. The number of rotatable bonds is 6. The molecule has 0 aliphatic heterocycles. The Morgan fingerprint density at radius 1 is 1.42 bits per heavy atom. The van der Waals surface area contributed by atoms with Gasteiger partial charge >= 0.3 is 0 Å². The Morgan fingerprint density at radius 3 is 2.53 bits per heavy atom. The van der Waals surface area contributed by atoms with Gasteiger partial charge in [0.15, 0.2) is 0 Å². The summed E-state index contributed by atoms with van der Waals surface area (Å²) in [6.07, 6.45) is 0. The number of aromatic nitrogens is 2. The summed E-state index contributed by atoms with van der Waals surface area (Å²) in [5.41, 5.74) is 0.